The molecule has 20 heavy (non-hydrogen) atoms. The monoisotopic (exact) mass is 340 g/mol. The van der Waals surface area contributed by atoms with Crippen LogP contribution in [0.1, 0.15) is 19.3 Å². The second-order valence-electron chi connectivity index (χ2n) is 4.97. The van der Waals surface area contributed by atoms with Gasteiger partial charge in [0.25, 0.3) is 0 Å². The number of benzene rings is 1. The number of fused-ring (bicyclic) bond motifs is 1. The lowest BCUT2D eigenvalue weighted by Gasteiger charge is -2.24. The van der Waals surface area contributed by atoms with Gasteiger partial charge in [0.1, 0.15) is 13.2 Å². The Morgan fingerprint density at radius 1 is 1.25 bits per heavy atom. The number of carbonyl (C=O) groups is 1. The van der Waals surface area contributed by atoms with Gasteiger partial charge in [-0.1, -0.05) is 6.42 Å². The van der Waals surface area contributed by atoms with Crippen molar-refractivity contribution < 1.29 is 14.3 Å². The maximum Gasteiger partial charge on any atom is 0.241 e. The molecule has 1 saturated heterocycles. The number of carbonyl (C=O) groups excluding carboxylic acids is 1. The lowest BCUT2D eigenvalue weighted by atomic mass is 10.0. The zero-order valence-corrected chi connectivity index (χ0v) is 12.7. The molecule has 1 unspecified atom stereocenters. The molecule has 5 nitrogen and oxygen atoms in total. The zero-order valence-electron chi connectivity index (χ0n) is 11.1. The van der Waals surface area contributed by atoms with Gasteiger partial charge in [-0.25, -0.2) is 0 Å². The summed E-state index contributed by atoms with van der Waals surface area (Å²) in [6.45, 7) is 1.99. The molecule has 1 atom stereocenters. The van der Waals surface area contributed by atoms with E-state index in [2.05, 4.69) is 26.6 Å². The summed E-state index contributed by atoms with van der Waals surface area (Å²) < 4.78 is 11.8. The van der Waals surface area contributed by atoms with Crippen LogP contribution in [0.4, 0.5) is 5.69 Å². The average molecular weight is 341 g/mol. The molecule has 2 aliphatic rings. The van der Waals surface area contributed by atoms with Crippen LogP contribution in [0.2, 0.25) is 0 Å². The van der Waals surface area contributed by atoms with E-state index >= 15 is 0 Å². The number of hydrogen-bond acceptors (Lipinski definition) is 4. The average Bonchev–Trinajstić information content (AvgIpc) is 2.49. The van der Waals surface area contributed by atoms with E-state index in [1.54, 1.807) is 6.07 Å². The van der Waals surface area contributed by atoms with Crippen molar-refractivity contribution in [2.75, 3.05) is 25.1 Å². The van der Waals surface area contributed by atoms with Crippen molar-refractivity contribution >= 4 is 27.5 Å². The number of nitrogens with one attached hydrogen (secondary N) is 2. The Hall–Kier alpha value is -1.27. The quantitative estimate of drug-likeness (QED) is 0.867. The van der Waals surface area contributed by atoms with Gasteiger partial charge in [0.05, 0.1) is 11.7 Å². The molecule has 108 valence electrons. The first-order valence-corrected chi connectivity index (χ1v) is 7.67. The Morgan fingerprint density at radius 3 is 2.70 bits per heavy atom. The van der Waals surface area contributed by atoms with E-state index in [4.69, 9.17) is 9.47 Å². The fraction of sp³-hybridized carbons (Fsp3) is 0.500. The summed E-state index contributed by atoms with van der Waals surface area (Å²) in [6, 6.07) is 3.53. The van der Waals surface area contributed by atoms with Gasteiger partial charge < -0.3 is 20.1 Å². The fourth-order valence-electron chi connectivity index (χ4n) is 2.46. The van der Waals surface area contributed by atoms with Crippen LogP contribution in [0.15, 0.2) is 16.6 Å². The predicted molar refractivity (Wildman–Crippen MR) is 79.4 cm³/mol. The molecule has 0 bridgehead atoms. The summed E-state index contributed by atoms with van der Waals surface area (Å²) in [5.74, 6) is 1.38. The van der Waals surface area contributed by atoms with Crippen molar-refractivity contribution in [3.8, 4) is 11.5 Å². The van der Waals surface area contributed by atoms with Gasteiger partial charge in [0.15, 0.2) is 11.5 Å². The third kappa shape index (κ3) is 2.91. The van der Waals surface area contributed by atoms with Crippen molar-refractivity contribution in [3.05, 3.63) is 16.6 Å². The highest BCUT2D eigenvalue weighted by Gasteiger charge is 2.22. The first kappa shape index (κ1) is 13.7. The van der Waals surface area contributed by atoms with Crippen molar-refractivity contribution in [3.63, 3.8) is 0 Å². The number of piperidine rings is 1. The van der Waals surface area contributed by atoms with E-state index < -0.39 is 0 Å². The van der Waals surface area contributed by atoms with Crippen molar-refractivity contribution in [1.29, 1.82) is 0 Å². The Morgan fingerprint density at radius 2 is 2.00 bits per heavy atom. The van der Waals surface area contributed by atoms with E-state index in [0.29, 0.717) is 30.4 Å². The number of hydrogen-bond donors (Lipinski definition) is 2. The zero-order chi connectivity index (χ0) is 13.9. The minimum absolute atomic E-state index is 0.00192. The second kappa shape index (κ2) is 6.01. The maximum absolute atomic E-state index is 12.2. The van der Waals surface area contributed by atoms with Crippen LogP contribution < -0.4 is 20.1 Å². The van der Waals surface area contributed by atoms with E-state index in [-0.39, 0.29) is 11.9 Å². The lowest BCUT2D eigenvalue weighted by Crippen LogP contribution is -2.43. The molecule has 0 saturated carbocycles. The number of anilines is 1. The Bertz CT molecular complexity index is 515. The van der Waals surface area contributed by atoms with Crippen LogP contribution in [-0.4, -0.2) is 31.7 Å². The number of amides is 1. The van der Waals surface area contributed by atoms with Gasteiger partial charge in [0.2, 0.25) is 5.91 Å². The maximum atomic E-state index is 12.2. The summed E-state index contributed by atoms with van der Waals surface area (Å²) in [5, 5.41) is 6.18. The second-order valence-corrected chi connectivity index (χ2v) is 5.82. The van der Waals surface area contributed by atoms with Gasteiger partial charge in [-0.3, -0.25) is 4.79 Å². The highest BCUT2D eigenvalue weighted by molar-refractivity contribution is 9.10. The highest BCUT2D eigenvalue weighted by Crippen LogP contribution is 2.38. The van der Waals surface area contributed by atoms with Crippen LogP contribution in [-0.2, 0) is 4.79 Å². The third-order valence-electron chi connectivity index (χ3n) is 3.52. The molecule has 0 spiro atoms. The molecule has 1 aromatic rings. The minimum atomic E-state index is -0.108. The molecule has 1 aromatic carbocycles. The highest BCUT2D eigenvalue weighted by atomic mass is 79.9. The van der Waals surface area contributed by atoms with Gasteiger partial charge >= 0.3 is 0 Å². The van der Waals surface area contributed by atoms with Crippen molar-refractivity contribution in [1.82, 2.24) is 5.32 Å². The summed E-state index contributed by atoms with van der Waals surface area (Å²) in [5.41, 5.74) is 0.714. The molecule has 1 fully saturated rings. The Labute approximate surface area is 126 Å². The summed E-state index contributed by atoms with van der Waals surface area (Å²) in [7, 11) is 0. The van der Waals surface area contributed by atoms with Crippen molar-refractivity contribution in [2.45, 2.75) is 25.3 Å². The van der Waals surface area contributed by atoms with E-state index in [9.17, 15) is 4.79 Å². The molecule has 6 heteroatoms. The number of rotatable bonds is 2. The van der Waals surface area contributed by atoms with Crippen molar-refractivity contribution in [2.24, 2.45) is 0 Å². The number of halogens is 1. The molecule has 2 heterocycles. The van der Waals surface area contributed by atoms with Crippen LogP contribution in [0, 0.1) is 0 Å². The molecular formula is C14H17BrN2O3. The van der Waals surface area contributed by atoms with Crippen LogP contribution in [0.5, 0.6) is 11.5 Å². The first-order chi connectivity index (χ1) is 9.74. The molecule has 1 amide bonds. The van der Waals surface area contributed by atoms with Crippen LogP contribution in [0.3, 0.4) is 0 Å². The first-order valence-electron chi connectivity index (χ1n) is 6.87. The molecule has 3 rings (SSSR count). The van der Waals surface area contributed by atoms with Gasteiger partial charge in [-0.15, -0.1) is 0 Å². The standard InChI is InChI=1S/C14H17BrN2O3/c15-9-7-12-13(20-6-5-19-12)8-11(9)17-14(18)10-3-1-2-4-16-10/h7-8,10,16H,1-6H2,(H,17,18). The Balaban J connectivity index is 1.74. The van der Waals surface area contributed by atoms with Crippen LogP contribution >= 0.6 is 15.9 Å². The molecular weight excluding hydrogens is 324 g/mol. The van der Waals surface area contributed by atoms with E-state index in [1.807, 2.05) is 6.07 Å². The topological polar surface area (TPSA) is 59.6 Å². The van der Waals surface area contributed by atoms with Gasteiger partial charge in [0, 0.05) is 16.6 Å². The smallest absolute Gasteiger partial charge is 0.241 e. The molecule has 0 aromatic heterocycles. The summed E-state index contributed by atoms with van der Waals surface area (Å²) in [6.07, 6.45) is 3.11. The van der Waals surface area contributed by atoms with E-state index in [0.717, 1.165) is 30.3 Å². The van der Waals surface area contributed by atoms with Crippen LogP contribution in [0.25, 0.3) is 0 Å². The molecule has 2 aliphatic heterocycles. The normalized spacial score (nSPS) is 21.4. The van der Waals surface area contributed by atoms with Gasteiger partial charge in [-0.05, 0) is 35.3 Å². The lowest BCUT2D eigenvalue weighted by molar-refractivity contribution is -0.118. The fourth-order valence-corrected chi connectivity index (χ4v) is 2.88. The third-order valence-corrected chi connectivity index (χ3v) is 4.17. The Kier molecular flexibility index (Phi) is 4.12. The minimum Gasteiger partial charge on any atom is -0.486 e. The number of ether oxygens (including phenoxy) is 2. The summed E-state index contributed by atoms with van der Waals surface area (Å²) >= 11 is 3.46. The molecule has 0 radical (unpaired) electrons. The summed E-state index contributed by atoms with van der Waals surface area (Å²) in [4.78, 5) is 12.2. The van der Waals surface area contributed by atoms with Gasteiger partial charge in [-0.2, -0.15) is 0 Å². The SMILES string of the molecule is O=C(Nc1cc2c(cc1Br)OCCO2)C1CCCCN1. The largest absolute Gasteiger partial charge is 0.486 e. The molecule has 0 aliphatic carbocycles. The van der Waals surface area contributed by atoms with E-state index in [1.165, 1.54) is 0 Å². The predicted octanol–water partition coefficient (Wildman–Crippen LogP) is 2.30. The molecule has 2 N–H and O–H groups in total.